The Kier molecular flexibility index (Phi) is 8.44. The number of halogens is 3. The number of nitrogens with one attached hydrogen (secondary N) is 1. The van der Waals surface area contributed by atoms with Crippen LogP contribution >= 0.6 is 0 Å². The zero-order chi connectivity index (χ0) is 25.4. The van der Waals surface area contributed by atoms with E-state index in [1.54, 1.807) is 38.2 Å². The third-order valence-corrected chi connectivity index (χ3v) is 4.50. The number of aromatic amines is 1. The van der Waals surface area contributed by atoms with E-state index in [0.29, 0.717) is 11.8 Å². The molecule has 3 aromatic carbocycles. The number of esters is 2. The molecule has 1 aromatic heterocycles. The normalized spacial score (nSPS) is 10.3. The highest BCUT2D eigenvalue weighted by Crippen LogP contribution is 2.29. The summed E-state index contributed by atoms with van der Waals surface area (Å²) in [6.45, 7) is 3.71. The van der Waals surface area contributed by atoms with Crippen molar-refractivity contribution in [3.05, 3.63) is 89.4 Å². The quantitative estimate of drug-likeness (QED) is 0.346. The van der Waals surface area contributed by atoms with Crippen molar-refractivity contribution in [2.45, 2.75) is 13.8 Å². The molecule has 0 amide bonds. The first-order valence-electron chi connectivity index (χ1n) is 10.5. The van der Waals surface area contributed by atoms with Crippen molar-refractivity contribution < 1.29 is 37.0 Å². The van der Waals surface area contributed by atoms with E-state index in [2.05, 4.69) is 14.9 Å². The molecule has 0 aliphatic carbocycles. The predicted octanol–water partition coefficient (Wildman–Crippen LogP) is 5.81. The zero-order valence-corrected chi connectivity index (χ0v) is 18.8. The van der Waals surface area contributed by atoms with Crippen molar-refractivity contribution in [2.75, 3.05) is 13.2 Å². The summed E-state index contributed by atoms with van der Waals surface area (Å²) >= 11 is 0. The average molecular weight is 486 g/mol. The van der Waals surface area contributed by atoms with Crippen LogP contribution in [0.1, 0.15) is 34.6 Å². The van der Waals surface area contributed by atoms with Crippen molar-refractivity contribution >= 4 is 22.8 Å². The van der Waals surface area contributed by atoms with Crippen LogP contribution in [0.25, 0.3) is 10.9 Å². The van der Waals surface area contributed by atoms with Crippen LogP contribution in [-0.2, 0) is 9.47 Å². The first-order valence-corrected chi connectivity index (χ1v) is 10.5. The summed E-state index contributed by atoms with van der Waals surface area (Å²) in [5.74, 6) is -2.86. The van der Waals surface area contributed by atoms with Gasteiger partial charge in [-0.1, -0.05) is 0 Å². The summed E-state index contributed by atoms with van der Waals surface area (Å²) in [5, 5.41) is 7.60. The van der Waals surface area contributed by atoms with Crippen LogP contribution in [0.15, 0.2) is 60.8 Å². The Bertz CT molecular complexity index is 1340. The lowest BCUT2D eigenvalue weighted by Gasteiger charge is -2.10. The maximum atomic E-state index is 13.5. The highest BCUT2D eigenvalue weighted by molar-refractivity contribution is 5.92. The minimum Gasteiger partial charge on any atom is -0.462 e. The highest BCUT2D eigenvalue weighted by atomic mass is 19.1. The van der Waals surface area contributed by atoms with Gasteiger partial charge in [0.25, 0.3) is 0 Å². The topological polar surface area (TPSA) is 90.5 Å². The second-order valence-electron chi connectivity index (χ2n) is 6.93. The van der Waals surface area contributed by atoms with E-state index in [0.717, 1.165) is 29.1 Å². The van der Waals surface area contributed by atoms with Crippen LogP contribution < -0.4 is 4.74 Å². The maximum absolute atomic E-state index is 13.5. The van der Waals surface area contributed by atoms with Gasteiger partial charge in [-0.3, -0.25) is 5.10 Å². The molecule has 0 bridgehead atoms. The molecule has 1 N–H and O–H groups in total. The second kappa shape index (κ2) is 11.7. The van der Waals surface area contributed by atoms with Crippen LogP contribution in [0.5, 0.6) is 11.5 Å². The molecule has 35 heavy (non-hydrogen) atoms. The molecule has 10 heteroatoms. The standard InChI is InChI=1S/C16H13FN2O3.C9H8F2O2/c1-2-21-16(20)13-5-3-11(17)8-15(13)22-12-4-6-14-10(7-12)9-18-19-14;1-2-13-9(12)7-4-3-6(10)5-8(7)11/h3-9H,2H2,1H3,(H,18,19);3-5H,2H2,1H3. The fraction of sp³-hybridized carbons (Fsp3) is 0.160. The Morgan fingerprint density at radius 1 is 0.829 bits per heavy atom. The fourth-order valence-corrected chi connectivity index (χ4v) is 2.93. The van der Waals surface area contributed by atoms with Crippen LogP contribution in [0.4, 0.5) is 13.2 Å². The van der Waals surface area contributed by atoms with Gasteiger partial charge < -0.3 is 14.2 Å². The first-order chi connectivity index (χ1) is 16.8. The third-order valence-electron chi connectivity index (χ3n) is 4.50. The van der Waals surface area contributed by atoms with Gasteiger partial charge in [-0.05, 0) is 56.3 Å². The van der Waals surface area contributed by atoms with Gasteiger partial charge in [-0.2, -0.15) is 5.10 Å². The minimum atomic E-state index is -0.904. The lowest BCUT2D eigenvalue weighted by molar-refractivity contribution is 0.0512. The van der Waals surface area contributed by atoms with Gasteiger partial charge in [0.2, 0.25) is 0 Å². The molecule has 1 heterocycles. The lowest BCUT2D eigenvalue weighted by Crippen LogP contribution is -2.07. The van der Waals surface area contributed by atoms with Gasteiger partial charge >= 0.3 is 11.9 Å². The van der Waals surface area contributed by atoms with E-state index in [9.17, 15) is 22.8 Å². The number of aromatic nitrogens is 2. The van der Waals surface area contributed by atoms with E-state index in [1.165, 1.54) is 12.1 Å². The van der Waals surface area contributed by atoms with Crippen molar-refractivity contribution in [1.29, 1.82) is 0 Å². The summed E-state index contributed by atoms with van der Waals surface area (Å²) in [4.78, 5) is 22.9. The van der Waals surface area contributed by atoms with Gasteiger partial charge in [-0.25, -0.2) is 22.8 Å². The van der Waals surface area contributed by atoms with Crippen molar-refractivity contribution in [3.8, 4) is 11.5 Å². The number of hydrogen-bond donors (Lipinski definition) is 1. The fourth-order valence-electron chi connectivity index (χ4n) is 2.93. The molecule has 0 aliphatic heterocycles. The molecule has 0 saturated carbocycles. The van der Waals surface area contributed by atoms with Crippen LogP contribution in [0.2, 0.25) is 0 Å². The van der Waals surface area contributed by atoms with E-state index >= 15 is 0 Å². The van der Waals surface area contributed by atoms with Crippen molar-refractivity contribution in [2.24, 2.45) is 0 Å². The molecule has 4 aromatic rings. The number of hydrogen-bond acceptors (Lipinski definition) is 6. The predicted molar refractivity (Wildman–Crippen MR) is 121 cm³/mol. The minimum absolute atomic E-state index is 0.112. The Balaban J connectivity index is 0.000000225. The summed E-state index contributed by atoms with van der Waals surface area (Å²) in [5.41, 5.74) is 0.788. The second-order valence-corrected chi connectivity index (χ2v) is 6.93. The molecule has 4 rings (SSSR count). The summed E-state index contributed by atoms with van der Waals surface area (Å²) in [7, 11) is 0. The summed E-state index contributed by atoms with van der Waals surface area (Å²) < 4.78 is 53.9. The number of carbonyl (C=O) groups is 2. The Labute approximate surface area is 198 Å². The zero-order valence-electron chi connectivity index (χ0n) is 18.8. The molecule has 0 unspecified atom stereocenters. The largest absolute Gasteiger partial charge is 0.462 e. The Morgan fingerprint density at radius 2 is 1.46 bits per heavy atom. The monoisotopic (exact) mass is 486 g/mol. The molecule has 182 valence electrons. The van der Waals surface area contributed by atoms with Crippen LogP contribution in [0, 0.1) is 17.5 Å². The number of fused-ring (bicyclic) bond motifs is 1. The number of H-pyrrole nitrogens is 1. The summed E-state index contributed by atoms with van der Waals surface area (Å²) in [6.07, 6.45) is 1.65. The Hall–Kier alpha value is -4.34. The van der Waals surface area contributed by atoms with Gasteiger partial charge in [0.1, 0.15) is 34.5 Å². The van der Waals surface area contributed by atoms with Gasteiger partial charge in [0.15, 0.2) is 0 Å². The van der Waals surface area contributed by atoms with Crippen LogP contribution in [-0.4, -0.2) is 35.3 Å². The van der Waals surface area contributed by atoms with Crippen molar-refractivity contribution in [1.82, 2.24) is 10.2 Å². The molecular formula is C25H21F3N2O5. The maximum Gasteiger partial charge on any atom is 0.341 e. The number of rotatable bonds is 6. The summed E-state index contributed by atoms with van der Waals surface area (Å²) in [6, 6.07) is 11.7. The average Bonchev–Trinajstić information content (AvgIpc) is 3.28. The molecular weight excluding hydrogens is 465 g/mol. The third kappa shape index (κ3) is 6.59. The SMILES string of the molecule is CCOC(=O)c1ccc(F)cc1F.CCOC(=O)c1ccc(F)cc1Oc1ccc2[nH]ncc2c1. The van der Waals surface area contributed by atoms with E-state index in [-0.39, 0.29) is 30.1 Å². The van der Waals surface area contributed by atoms with E-state index < -0.39 is 29.4 Å². The lowest BCUT2D eigenvalue weighted by atomic mass is 10.2. The van der Waals surface area contributed by atoms with Crippen LogP contribution in [0.3, 0.4) is 0 Å². The van der Waals surface area contributed by atoms with E-state index in [1.807, 2.05) is 0 Å². The first kappa shape index (κ1) is 25.3. The van der Waals surface area contributed by atoms with E-state index in [4.69, 9.17) is 9.47 Å². The highest BCUT2D eigenvalue weighted by Gasteiger charge is 2.16. The number of ether oxygens (including phenoxy) is 3. The van der Waals surface area contributed by atoms with Crippen molar-refractivity contribution in [3.63, 3.8) is 0 Å². The molecule has 0 atom stereocenters. The molecule has 7 nitrogen and oxygen atoms in total. The molecule has 0 radical (unpaired) electrons. The number of nitrogens with zero attached hydrogens (tertiary/aromatic N) is 1. The van der Waals surface area contributed by atoms with Gasteiger partial charge in [0, 0.05) is 17.5 Å². The van der Waals surface area contributed by atoms with Gasteiger partial charge in [-0.15, -0.1) is 0 Å². The number of carbonyl (C=O) groups excluding carboxylic acids is 2. The smallest absolute Gasteiger partial charge is 0.341 e. The molecule has 0 aliphatic rings. The molecule has 0 spiro atoms. The Morgan fingerprint density at radius 3 is 2.11 bits per heavy atom. The molecule has 0 fully saturated rings. The van der Waals surface area contributed by atoms with Gasteiger partial charge in [0.05, 0.1) is 30.5 Å². The molecule has 0 saturated heterocycles. The number of benzene rings is 3.